The van der Waals surface area contributed by atoms with E-state index in [0.29, 0.717) is 18.4 Å². The molecule has 18 heavy (non-hydrogen) atoms. The first-order valence-corrected chi connectivity index (χ1v) is 7.13. The molecule has 2 N–H and O–H groups in total. The fourth-order valence-corrected chi connectivity index (χ4v) is 3.16. The van der Waals surface area contributed by atoms with Gasteiger partial charge in [-0.1, -0.05) is 32.6 Å². The van der Waals surface area contributed by atoms with Crippen LogP contribution in [-0.4, -0.2) is 30.4 Å². The Bertz CT molecular complexity index is 277. The van der Waals surface area contributed by atoms with Gasteiger partial charge in [0.05, 0.1) is 0 Å². The Morgan fingerprint density at radius 1 is 1.28 bits per heavy atom. The predicted octanol–water partition coefficient (Wildman–Crippen LogP) is 2.58. The molecule has 3 nitrogen and oxygen atoms in total. The Hall–Kier alpha value is -0.280. The van der Waals surface area contributed by atoms with E-state index >= 15 is 0 Å². The fraction of sp³-hybridized carbons (Fsp3) is 0.929. The Labute approximate surface area is 117 Å². The molecule has 0 radical (unpaired) electrons. The Kier molecular flexibility index (Phi) is 5.93. The maximum Gasteiger partial charge on any atom is 0.225 e. The predicted molar refractivity (Wildman–Crippen MR) is 76.8 cm³/mol. The number of nitrogens with two attached hydrogens (primary N) is 1. The van der Waals surface area contributed by atoms with E-state index in [1.165, 1.54) is 25.7 Å². The Balaban J connectivity index is 0.00000162. The number of carbonyl (C=O) groups excluding carboxylic acids is 1. The van der Waals surface area contributed by atoms with E-state index < -0.39 is 0 Å². The van der Waals surface area contributed by atoms with Crippen molar-refractivity contribution in [2.75, 3.05) is 19.6 Å². The van der Waals surface area contributed by atoms with E-state index in [0.717, 1.165) is 32.4 Å². The summed E-state index contributed by atoms with van der Waals surface area (Å²) in [6.45, 7) is 4.69. The van der Waals surface area contributed by atoms with Gasteiger partial charge in [-0.3, -0.25) is 4.79 Å². The molecule has 0 aromatic carbocycles. The first kappa shape index (κ1) is 15.8. The zero-order chi connectivity index (χ0) is 12.3. The van der Waals surface area contributed by atoms with Gasteiger partial charge >= 0.3 is 0 Å². The second-order valence-electron chi connectivity index (χ2n) is 6.21. The van der Waals surface area contributed by atoms with E-state index in [9.17, 15) is 4.79 Å². The van der Waals surface area contributed by atoms with Crippen molar-refractivity contribution in [1.29, 1.82) is 0 Å². The van der Waals surface area contributed by atoms with E-state index in [1.807, 2.05) is 0 Å². The van der Waals surface area contributed by atoms with Crippen molar-refractivity contribution in [3.05, 3.63) is 0 Å². The highest BCUT2D eigenvalue weighted by Gasteiger charge is 2.36. The summed E-state index contributed by atoms with van der Waals surface area (Å²) in [6, 6.07) is 0. The third-order valence-corrected chi connectivity index (χ3v) is 4.57. The zero-order valence-corrected chi connectivity index (χ0v) is 12.3. The zero-order valence-electron chi connectivity index (χ0n) is 11.5. The molecule has 1 atom stereocenters. The lowest BCUT2D eigenvalue weighted by atomic mass is 9.90. The lowest BCUT2D eigenvalue weighted by molar-refractivity contribution is -0.135. The SMILES string of the molecule is CC1(CN)CCN(C(=O)C2CCCCCC2)C1.Cl. The molecule has 1 heterocycles. The smallest absolute Gasteiger partial charge is 0.225 e. The van der Waals surface area contributed by atoms with Crippen molar-refractivity contribution in [3.8, 4) is 0 Å². The number of likely N-dealkylation sites (tertiary alicyclic amines) is 1. The minimum Gasteiger partial charge on any atom is -0.342 e. The molecule has 2 rings (SSSR count). The van der Waals surface area contributed by atoms with Crippen LogP contribution in [0.5, 0.6) is 0 Å². The summed E-state index contributed by atoms with van der Waals surface area (Å²) in [7, 11) is 0. The molecular weight excluding hydrogens is 248 g/mol. The van der Waals surface area contributed by atoms with E-state index in [2.05, 4.69) is 11.8 Å². The molecule has 2 fully saturated rings. The second kappa shape index (κ2) is 6.76. The van der Waals surface area contributed by atoms with Crippen LogP contribution in [0.25, 0.3) is 0 Å². The molecule has 1 aliphatic carbocycles. The van der Waals surface area contributed by atoms with Crippen LogP contribution in [0.2, 0.25) is 0 Å². The summed E-state index contributed by atoms with van der Waals surface area (Å²) < 4.78 is 0. The average molecular weight is 275 g/mol. The largest absolute Gasteiger partial charge is 0.342 e. The number of halogens is 1. The van der Waals surface area contributed by atoms with Gasteiger partial charge in [0.1, 0.15) is 0 Å². The van der Waals surface area contributed by atoms with Crippen LogP contribution < -0.4 is 5.73 Å². The van der Waals surface area contributed by atoms with Crippen molar-refractivity contribution in [2.45, 2.75) is 51.9 Å². The lowest BCUT2D eigenvalue weighted by Crippen LogP contribution is -2.37. The molecule has 2 aliphatic rings. The highest BCUT2D eigenvalue weighted by molar-refractivity contribution is 5.85. The van der Waals surface area contributed by atoms with Crippen LogP contribution in [0, 0.1) is 11.3 Å². The lowest BCUT2D eigenvalue weighted by Gasteiger charge is -2.25. The summed E-state index contributed by atoms with van der Waals surface area (Å²) in [5.74, 6) is 0.710. The van der Waals surface area contributed by atoms with E-state index in [-0.39, 0.29) is 17.8 Å². The van der Waals surface area contributed by atoms with Crippen LogP contribution in [-0.2, 0) is 4.79 Å². The van der Waals surface area contributed by atoms with Gasteiger partial charge in [0.2, 0.25) is 5.91 Å². The average Bonchev–Trinajstić information content (AvgIpc) is 2.56. The molecule has 1 unspecified atom stereocenters. The Morgan fingerprint density at radius 2 is 1.89 bits per heavy atom. The summed E-state index contributed by atoms with van der Waals surface area (Å²) in [5, 5.41) is 0. The van der Waals surface area contributed by atoms with Crippen LogP contribution in [0.3, 0.4) is 0 Å². The molecule has 1 saturated heterocycles. The molecule has 1 saturated carbocycles. The van der Waals surface area contributed by atoms with Crippen molar-refractivity contribution in [2.24, 2.45) is 17.1 Å². The third-order valence-electron chi connectivity index (χ3n) is 4.57. The standard InChI is InChI=1S/C14H26N2O.ClH/c1-14(10-15)8-9-16(11-14)13(17)12-6-4-2-3-5-7-12;/h12H,2-11,15H2,1H3;1H. The van der Waals surface area contributed by atoms with Gasteiger partial charge in [-0.15, -0.1) is 12.4 Å². The highest BCUT2D eigenvalue weighted by Crippen LogP contribution is 2.32. The summed E-state index contributed by atoms with van der Waals surface area (Å²) in [5.41, 5.74) is 5.96. The van der Waals surface area contributed by atoms with Gasteiger partial charge in [-0.25, -0.2) is 0 Å². The number of hydrogen-bond acceptors (Lipinski definition) is 2. The first-order chi connectivity index (χ1) is 8.14. The van der Waals surface area contributed by atoms with Gasteiger partial charge in [0.25, 0.3) is 0 Å². The molecule has 1 aliphatic heterocycles. The molecular formula is C14H27ClN2O. The topological polar surface area (TPSA) is 46.3 Å². The number of nitrogens with zero attached hydrogens (tertiary/aromatic N) is 1. The van der Waals surface area contributed by atoms with Gasteiger partial charge in [0, 0.05) is 19.0 Å². The van der Waals surface area contributed by atoms with Gasteiger partial charge < -0.3 is 10.6 Å². The molecule has 0 aromatic heterocycles. The maximum atomic E-state index is 12.4. The number of carbonyl (C=O) groups is 1. The van der Waals surface area contributed by atoms with Gasteiger partial charge in [0.15, 0.2) is 0 Å². The van der Waals surface area contributed by atoms with Crippen molar-refractivity contribution in [1.82, 2.24) is 4.90 Å². The molecule has 0 aromatic rings. The minimum absolute atomic E-state index is 0. The van der Waals surface area contributed by atoms with Crippen LogP contribution in [0.15, 0.2) is 0 Å². The van der Waals surface area contributed by atoms with Gasteiger partial charge in [-0.05, 0) is 31.2 Å². The molecule has 4 heteroatoms. The van der Waals surface area contributed by atoms with Crippen molar-refractivity contribution < 1.29 is 4.79 Å². The van der Waals surface area contributed by atoms with E-state index in [1.54, 1.807) is 0 Å². The monoisotopic (exact) mass is 274 g/mol. The highest BCUT2D eigenvalue weighted by atomic mass is 35.5. The number of rotatable bonds is 2. The van der Waals surface area contributed by atoms with Crippen LogP contribution in [0.1, 0.15) is 51.9 Å². The van der Waals surface area contributed by atoms with Crippen molar-refractivity contribution >= 4 is 18.3 Å². The van der Waals surface area contributed by atoms with Crippen LogP contribution in [0.4, 0.5) is 0 Å². The quantitative estimate of drug-likeness (QED) is 0.787. The molecule has 106 valence electrons. The first-order valence-electron chi connectivity index (χ1n) is 7.13. The molecule has 1 amide bonds. The normalized spacial score (nSPS) is 29.8. The van der Waals surface area contributed by atoms with Gasteiger partial charge in [-0.2, -0.15) is 0 Å². The number of amides is 1. The number of hydrogen-bond donors (Lipinski definition) is 1. The summed E-state index contributed by atoms with van der Waals surface area (Å²) >= 11 is 0. The maximum absolute atomic E-state index is 12.4. The second-order valence-corrected chi connectivity index (χ2v) is 6.21. The fourth-order valence-electron chi connectivity index (χ4n) is 3.16. The third kappa shape index (κ3) is 3.61. The Morgan fingerprint density at radius 3 is 2.39 bits per heavy atom. The molecule has 0 spiro atoms. The molecule has 0 bridgehead atoms. The summed E-state index contributed by atoms with van der Waals surface area (Å²) in [4.78, 5) is 14.5. The van der Waals surface area contributed by atoms with Crippen molar-refractivity contribution in [3.63, 3.8) is 0 Å². The van der Waals surface area contributed by atoms with E-state index in [4.69, 9.17) is 5.73 Å². The summed E-state index contributed by atoms with van der Waals surface area (Å²) in [6.07, 6.45) is 8.37. The minimum atomic E-state index is 0. The van der Waals surface area contributed by atoms with Crippen LogP contribution >= 0.6 is 12.4 Å².